The lowest BCUT2D eigenvalue weighted by molar-refractivity contribution is -0.126. The predicted molar refractivity (Wildman–Crippen MR) is 82.4 cm³/mol. The molecular weight excluding hydrogens is 248 g/mol. The number of carbonyl (C=O) groups excluding carboxylic acids is 1. The van der Waals surface area contributed by atoms with Crippen molar-refractivity contribution in [2.45, 2.75) is 46.1 Å². The summed E-state index contributed by atoms with van der Waals surface area (Å²) in [6.07, 6.45) is 3.19. The van der Waals surface area contributed by atoms with E-state index in [0.717, 1.165) is 19.3 Å². The Balaban J connectivity index is 2.01. The molecule has 110 valence electrons. The second-order valence-corrected chi connectivity index (χ2v) is 6.11. The first-order valence-electron chi connectivity index (χ1n) is 7.60. The van der Waals surface area contributed by atoms with Gasteiger partial charge in [0.05, 0.1) is 6.04 Å². The van der Waals surface area contributed by atoms with Gasteiger partial charge in [0.1, 0.15) is 0 Å². The first kappa shape index (κ1) is 15.0. The third-order valence-electron chi connectivity index (χ3n) is 4.69. The number of hydrogen-bond acceptors (Lipinski definition) is 2. The number of nitrogens with one attached hydrogen (secondary N) is 1. The quantitative estimate of drug-likeness (QED) is 0.887. The van der Waals surface area contributed by atoms with Crippen molar-refractivity contribution in [3.63, 3.8) is 0 Å². The molecule has 1 saturated carbocycles. The van der Waals surface area contributed by atoms with Crippen LogP contribution >= 0.6 is 0 Å². The molecule has 3 heteroatoms. The molecule has 1 aliphatic rings. The van der Waals surface area contributed by atoms with Gasteiger partial charge < -0.3 is 11.1 Å². The van der Waals surface area contributed by atoms with E-state index >= 15 is 0 Å². The summed E-state index contributed by atoms with van der Waals surface area (Å²) >= 11 is 0. The Bertz CT molecular complexity index is 484. The van der Waals surface area contributed by atoms with Crippen molar-refractivity contribution < 1.29 is 4.79 Å². The van der Waals surface area contributed by atoms with E-state index in [4.69, 9.17) is 5.73 Å². The van der Waals surface area contributed by atoms with Crippen LogP contribution in [0.4, 0.5) is 0 Å². The van der Waals surface area contributed by atoms with Crippen LogP contribution in [0.3, 0.4) is 0 Å². The normalized spacial score (nSPS) is 23.6. The van der Waals surface area contributed by atoms with Crippen LogP contribution < -0.4 is 11.1 Å². The molecule has 0 aromatic heterocycles. The van der Waals surface area contributed by atoms with E-state index in [-0.39, 0.29) is 17.9 Å². The van der Waals surface area contributed by atoms with E-state index in [1.165, 1.54) is 16.7 Å². The van der Waals surface area contributed by atoms with Crippen LogP contribution in [-0.2, 0) is 4.79 Å². The number of nitrogens with two attached hydrogens (primary N) is 1. The summed E-state index contributed by atoms with van der Waals surface area (Å²) in [4.78, 5) is 12.4. The maximum Gasteiger partial charge on any atom is 0.223 e. The number of benzene rings is 1. The van der Waals surface area contributed by atoms with E-state index < -0.39 is 0 Å². The zero-order valence-electron chi connectivity index (χ0n) is 12.8. The summed E-state index contributed by atoms with van der Waals surface area (Å²) in [5.74, 6) is 0.639. The van der Waals surface area contributed by atoms with E-state index in [1.54, 1.807) is 0 Å². The van der Waals surface area contributed by atoms with Gasteiger partial charge in [0.15, 0.2) is 0 Å². The highest BCUT2D eigenvalue weighted by atomic mass is 16.2. The number of aryl methyl sites for hydroxylation is 2. The molecule has 1 amide bonds. The molecule has 3 atom stereocenters. The minimum atomic E-state index is 0.0563. The summed E-state index contributed by atoms with van der Waals surface area (Å²) in [7, 11) is 0. The van der Waals surface area contributed by atoms with Crippen molar-refractivity contribution in [3.8, 4) is 0 Å². The summed E-state index contributed by atoms with van der Waals surface area (Å²) < 4.78 is 0. The topological polar surface area (TPSA) is 55.1 Å². The second kappa shape index (κ2) is 6.40. The van der Waals surface area contributed by atoms with Crippen molar-refractivity contribution in [1.82, 2.24) is 5.32 Å². The third-order valence-corrected chi connectivity index (χ3v) is 4.69. The van der Waals surface area contributed by atoms with Gasteiger partial charge in [0, 0.05) is 5.92 Å². The molecule has 1 unspecified atom stereocenters. The molecule has 1 fully saturated rings. The zero-order valence-corrected chi connectivity index (χ0v) is 12.8. The Morgan fingerprint density at radius 1 is 1.35 bits per heavy atom. The van der Waals surface area contributed by atoms with Gasteiger partial charge in [-0.15, -0.1) is 0 Å². The highest BCUT2D eigenvalue weighted by Crippen LogP contribution is 2.31. The molecule has 1 aromatic rings. The fourth-order valence-electron chi connectivity index (χ4n) is 3.10. The van der Waals surface area contributed by atoms with Crippen LogP contribution in [0.15, 0.2) is 18.2 Å². The maximum atomic E-state index is 12.4. The SMILES string of the molecule is Cc1ccc(C(C)NC(=O)[C@@H]2CCC[C@@H]2CN)cc1C. The lowest BCUT2D eigenvalue weighted by atomic mass is 9.94. The van der Waals surface area contributed by atoms with Crippen LogP contribution in [0, 0.1) is 25.7 Å². The first-order chi connectivity index (χ1) is 9.52. The highest BCUT2D eigenvalue weighted by molar-refractivity contribution is 5.79. The van der Waals surface area contributed by atoms with Crippen LogP contribution in [-0.4, -0.2) is 12.5 Å². The Morgan fingerprint density at radius 3 is 2.75 bits per heavy atom. The molecule has 1 aromatic carbocycles. The van der Waals surface area contributed by atoms with Gasteiger partial charge in [-0.2, -0.15) is 0 Å². The molecule has 20 heavy (non-hydrogen) atoms. The van der Waals surface area contributed by atoms with Crippen molar-refractivity contribution in [2.75, 3.05) is 6.54 Å². The van der Waals surface area contributed by atoms with Crippen molar-refractivity contribution in [2.24, 2.45) is 17.6 Å². The van der Waals surface area contributed by atoms with E-state index in [0.29, 0.717) is 12.5 Å². The van der Waals surface area contributed by atoms with Gasteiger partial charge in [-0.1, -0.05) is 24.6 Å². The third kappa shape index (κ3) is 3.21. The summed E-state index contributed by atoms with van der Waals surface area (Å²) in [5.41, 5.74) is 9.48. The number of rotatable bonds is 4. The second-order valence-electron chi connectivity index (χ2n) is 6.11. The molecule has 1 aliphatic carbocycles. The fourth-order valence-corrected chi connectivity index (χ4v) is 3.10. The van der Waals surface area contributed by atoms with E-state index in [9.17, 15) is 4.79 Å². The largest absolute Gasteiger partial charge is 0.349 e. The predicted octanol–water partition coefficient (Wildman–Crippen LogP) is 2.86. The minimum Gasteiger partial charge on any atom is -0.349 e. The lowest BCUT2D eigenvalue weighted by Crippen LogP contribution is -2.36. The molecule has 0 radical (unpaired) electrons. The summed E-state index contributed by atoms with van der Waals surface area (Å²) in [6, 6.07) is 6.43. The molecule has 3 nitrogen and oxygen atoms in total. The van der Waals surface area contributed by atoms with Gasteiger partial charge in [-0.3, -0.25) is 4.79 Å². The van der Waals surface area contributed by atoms with E-state index in [2.05, 4.69) is 44.3 Å². The van der Waals surface area contributed by atoms with Gasteiger partial charge in [-0.05, 0) is 62.8 Å². The van der Waals surface area contributed by atoms with Gasteiger partial charge in [0.25, 0.3) is 0 Å². The van der Waals surface area contributed by atoms with Crippen molar-refractivity contribution >= 4 is 5.91 Å². The monoisotopic (exact) mass is 274 g/mol. The Hall–Kier alpha value is -1.35. The summed E-state index contributed by atoms with van der Waals surface area (Å²) in [6.45, 7) is 6.88. The number of carbonyl (C=O) groups is 1. The lowest BCUT2D eigenvalue weighted by Gasteiger charge is -2.21. The van der Waals surface area contributed by atoms with Gasteiger partial charge in [-0.25, -0.2) is 0 Å². The van der Waals surface area contributed by atoms with Gasteiger partial charge >= 0.3 is 0 Å². The van der Waals surface area contributed by atoms with Crippen LogP contribution in [0.5, 0.6) is 0 Å². The minimum absolute atomic E-state index is 0.0563. The molecule has 0 aliphatic heterocycles. The number of amides is 1. The zero-order chi connectivity index (χ0) is 14.7. The molecule has 0 spiro atoms. The molecule has 0 heterocycles. The average molecular weight is 274 g/mol. The van der Waals surface area contributed by atoms with Crippen molar-refractivity contribution in [1.29, 1.82) is 0 Å². The average Bonchev–Trinajstić information content (AvgIpc) is 2.90. The van der Waals surface area contributed by atoms with Crippen LogP contribution in [0.25, 0.3) is 0 Å². The van der Waals surface area contributed by atoms with Gasteiger partial charge in [0.2, 0.25) is 5.91 Å². The summed E-state index contributed by atoms with van der Waals surface area (Å²) in [5, 5.41) is 3.15. The molecule has 0 saturated heterocycles. The Labute approximate surface area is 121 Å². The molecule has 0 bridgehead atoms. The highest BCUT2D eigenvalue weighted by Gasteiger charge is 2.32. The number of hydrogen-bond donors (Lipinski definition) is 2. The van der Waals surface area contributed by atoms with Crippen LogP contribution in [0.2, 0.25) is 0 Å². The molecule has 3 N–H and O–H groups in total. The van der Waals surface area contributed by atoms with E-state index in [1.807, 2.05) is 0 Å². The van der Waals surface area contributed by atoms with Crippen LogP contribution in [0.1, 0.15) is 48.9 Å². The fraction of sp³-hybridized carbons (Fsp3) is 0.588. The molecular formula is C17H26N2O. The Kier molecular flexibility index (Phi) is 4.81. The molecule has 2 rings (SSSR count). The smallest absolute Gasteiger partial charge is 0.223 e. The first-order valence-corrected chi connectivity index (χ1v) is 7.60. The maximum absolute atomic E-state index is 12.4. The van der Waals surface area contributed by atoms with Crippen molar-refractivity contribution in [3.05, 3.63) is 34.9 Å². The standard InChI is InChI=1S/C17H26N2O/c1-11-7-8-14(9-12(11)2)13(3)19-17(20)16-6-4-5-15(16)10-18/h7-9,13,15-16H,4-6,10,18H2,1-3H3,(H,19,20)/t13?,15-,16-/m1/s1. The Morgan fingerprint density at radius 2 is 2.10 bits per heavy atom.